The first-order valence-electron chi connectivity index (χ1n) is 13.7. The van der Waals surface area contributed by atoms with E-state index in [-0.39, 0.29) is 23.6 Å². The van der Waals surface area contributed by atoms with E-state index in [2.05, 4.69) is 44.3 Å². The first-order valence-corrected chi connectivity index (χ1v) is 13.7. The average Bonchev–Trinajstić information content (AvgIpc) is 2.77. The van der Waals surface area contributed by atoms with Crippen LogP contribution < -0.4 is 17.0 Å². The van der Waals surface area contributed by atoms with Crippen LogP contribution in [0.5, 0.6) is 0 Å². The molecule has 0 saturated carbocycles. The summed E-state index contributed by atoms with van der Waals surface area (Å²) in [6.45, 7) is 5.63. The molecule has 1 N–H and O–H groups in total. The van der Waals surface area contributed by atoms with E-state index in [1.54, 1.807) is 0 Å². The Hall–Kier alpha value is -0.380. The molecule has 0 amide bonds. The SMILES string of the molecule is CCCCCCCCCCCCCCCCCCC[N+](C)(CCO)Cc1ccccc1.[Br-]. The van der Waals surface area contributed by atoms with Gasteiger partial charge in [-0.15, -0.1) is 0 Å². The van der Waals surface area contributed by atoms with Gasteiger partial charge in [-0.3, -0.25) is 0 Å². The number of nitrogens with zero attached hydrogens (tertiary/aromatic N) is 1. The lowest BCUT2D eigenvalue weighted by Gasteiger charge is -2.34. The molecule has 1 rings (SSSR count). The Labute approximate surface area is 211 Å². The minimum Gasteiger partial charge on any atom is -1.00 e. The van der Waals surface area contributed by atoms with Crippen LogP contribution in [0.1, 0.15) is 122 Å². The molecule has 0 heterocycles. The molecule has 32 heavy (non-hydrogen) atoms. The molecule has 0 aliphatic carbocycles. The van der Waals surface area contributed by atoms with E-state index in [1.807, 2.05) is 0 Å². The van der Waals surface area contributed by atoms with Gasteiger partial charge < -0.3 is 26.6 Å². The molecule has 1 aromatic rings. The third-order valence-electron chi connectivity index (χ3n) is 6.85. The number of halogens is 1. The molecular weight excluding hydrogens is 458 g/mol. The molecule has 1 unspecified atom stereocenters. The monoisotopic (exact) mass is 511 g/mol. The smallest absolute Gasteiger partial charge is 0.104 e. The summed E-state index contributed by atoms with van der Waals surface area (Å²) < 4.78 is 0.958. The molecule has 0 spiro atoms. The van der Waals surface area contributed by atoms with E-state index in [9.17, 15) is 5.11 Å². The van der Waals surface area contributed by atoms with Crippen molar-refractivity contribution in [2.45, 2.75) is 123 Å². The number of unbranched alkanes of at least 4 members (excludes halogenated alkanes) is 16. The van der Waals surface area contributed by atoms with E-state index in [1.165, 1.54) is 121 Å². The first-order chi connectivity index (χ1) is 15.2. The van der Waals surface area contributed by atoms with Crippen molar-refractivity contribution in [2.24, 2.45) is 0 Å². The van der Waals surface area contributed by atoms with Crippen LogP contribution in [-0.4, -0.2) is 36.3 Å². The largest absolute Gasteiger partial charge is 1.00 e. The number of benzene rings is 1. The minimum atomic E-state index is 0. The Morgan fingerprint density at radius 3 is 1.41 bits per heavy atom. The van der Waals surface area contributed by atoms with Crippen LogP contribution in [0.15, 0.2) is 30.3 Å². The van der Waals surface area contributed by atoms with Crippen LogP contribution in [0.4, 0.5) is 0 Å². The van der Waals surface area contributed by atoms with Gasteiger partial charge in [-0.1, -0.05) is 134 Å². The molecule has 0 saturated heterocycles. The van der Waals surface area contributed by atoms with E-state index in [0.717, 1.165) is 17.6 Å². The van der Waals surface area contributed by atoms with Crippen LogP contribution in [0.25, 0.3) is 0 Å². The molecule has 3 heteroatoms. The quantitative estimate of drug-likeness (QED) is 0.166. The van der Waals surface area contributed by atoms with Gasteiger partial charge in [0.25, 0.3) is 0 Å². The fraction of sp³-hybridized carbons (Fsp3) is 0.793. The predicted octanol–water partition coefficient (Wildman–Crippen LogP) is 5.28. The summed E-state index contributed by atoms with van der Waals surface area (Å²) in [6, 6.07) is 10.7. The summed E-state index contributed by atoms with van der Waals surface area (Å²) in [5, 5.41) is 9.51. The Bertz CT molecular complexity index is 495. The van der Waals surface area contributed by atoms with Crippen molar-refractivity contribution >= 4 is 0 Å². The molecule has 0 radical (unpaired) electrons. The summed E-state index contributed by atoms with van der Waals surface area (Å²) in [5.74, 6) is 0. The summed E-state index contributed by atoms with van der Waals surface area (Å²) in [4.78, 5) is 0. The Kier molecular flexibility index (Phi) is 22.1. The number of likely N-dealkylation sites (N-methyl/N-ethyl adjacent to an activating group) is 1. The van der Waals surface area contributed by atoms with Gasteiger partial charge in [0.15, 0.2) is 0 Å². The number of aliphatic hydroxyl groups is 1. The zero-order chi connectivity index (χ0) is 22.5. The first kappa shape index (κ1) is 31.6. The molecule has 2 nitrogen and oxygen atoms in total. The lowest BCUT2D eigenvalue weighted by Crippen LogP contribution is -3.00. The zero-order valence-corrected chi connectivity index (χ0v) is 23.1. The number of rotatable bonds is 22. The standard InChI is InChI=1S/C29H54NO.BrH/c1-3-4-5-6-7-8-9-10-11-12-13-14-15-16-17-18-22-25-30(2,26-27-31)28-29-23-20-19-21-24-29;/h19-21,23-24,31H,3-18,22,25-28H2,1-2H3;1H/q+1;/p-1. The summed E-state index contributed by atoms with van der Waals surface area (Å²) in [6.07, 6.45) is 24.1. The predicted molar refractivity (Wildman–Crippen MR) is 137 cm³/mol. The molecule has 0 aliphatic heterocycles. The van der Waals surface area contributed by atoms with Crippen molar-refractivity contribution in [2.75, 3.05) is 26.7 Å². The van der Waals surface area contributed by atoms with Crippen molar-refractivity contribution in [3.8, 4) is 0 Å². The van der Waals surface area contributed by atoms with E-state index < -0.39 is 0 Å². The molecule has 0 aromatic heterocycles. The van der Waals surface area contributed by atoms with Gasteiger partial charge in [0.2, 0.25) is 0 Å². The van der Waals surface area contributed by atoms with Crippen molar-refractivity contribution < 1.29 is 26.6 Å². The van der Waals surface area contributed by atoms with Crippen LogP contribution in [0.3, 0.4) is 0 Å². The Morgan fingerprint density at radius 1 is 0.594 bits per heavy atom. The Balaban J connectivity index is 0.00000961. The van der Waals surface area contributed by atoms with Crippen molar-refractivity contribution in [1.29, 1.82) is 0 Å². The van der Waals surface area contributed by atoms with Gasteiger partial charge in [0.1, 0.15) is 13.1 Å². The molecule has 0 bridgehead atoms. The van der Waals surface area contributed by atoms with Crippen molar-refractivity contribution in [1.82, 2.24) is 0 Å². The maximum Gasteiger partial charge on any atom is 0.104 e. The molecule has 188 valence electrons. The lowest BCUT2D eigenvalue weighted by molar-refractivity contribution is -0.923. The van der Waals surface area contributed by atoms with E-state index in [4.69, 9.17) is 0 Å². The van der Waals surface area contributed by atoms with Gasteiger partial charge in [0.05, 0.1) is 20.2 Å². The maximum absolute atomic E-state index is 9.51. The Morgan fingerprint density at radius 2 is 1.00 bits per heavy atom. The third-order valence-corrected chi connectivity index (χ3v) is 6.85. The normalized spacial score (nSPS) is 13.0. The highest BCUT2D eigenvalue weighted by molar-refractivity contribution is 5.13. The molecular formula is C29H54BrNO. The highest BCUT2D eigenvalue weighted by Gasteiger charge is 2.20. The minimum absolute atomic E-state index is 0. The highest BCUT2D eigenvalue weighted by Crippen LogP contribution is 2.16. The number of hydrogen-bond donors (Lipinski definition) is 1. The summed E-state index contributed by atoms with van der Waals surface area (Å²) in [5.41, 5.74) is 1.38. The van der Waals surface area contributed by atoms with Gasteiger partial charge in [-0.25, -0.2) is 0 Å². The van der Waals surface area contributed by atoms with Gasteiger partial charge in [-0.2, -0.15) is 0 Å². The lowest BCUT2D eigenvalue weighted by atomic mass is 10.0. The van der Waals surface area contributed by atoms with Crippen LogP contribution >= 0.6 is 0 Å². The van der Waals surface area contributed by atoms with Gasteiger partial charge >= 0.3 is 0 Å². The van der Waals surface area contributed by atoms with Crippen molar-refractivity contribution in [3.63, 3.8) is 0 Å². The number of hydrogen-bond acceptors (Lipinski definition) is 1. The van der Waals surface area contributed by atoms with Gasteiger partial charge in [0, 0.05) is 5.56 Å². The molecule has 0 fully saturated rings. The van der Waals surface area contributed by atoms with Crippen LogP contribution in [-0.2, 0) is 6.54 Å². The molecule has 1 aromatic carbocycles. The average molecular weight is 513 g/mol. The van der Waals surface area contributed by atoms with Gasteiger partial charge in [-0.05, 0) is 12.8 Å². The van der Waals surface area contributed by atoms with Crippen LogP contribution in [0.2, 0.25) is 0 Å². The van der Waals surface area contributed by atoms with Crippen molar-refractivity contribution in [3.05, 3.63) is 35.9 Å². The second-order valence-electron chi connectivity index (χ2n) is 10.1. The summed E-state index contributed by atoms with van der Waals surface area (Å²) >= 11 is 0. The van der Waals surface area contributed by atoms with E-state index in [0.29, 0.717) is 0 Å². The second kappa shape index (κ2) is 22.4. The second-order valence-corrected chi connectivity index (χ2v) is 10.1. The molecule has 1 atom stereocenters. The maximum atomic E-state index is 9.51. The zero-order valence-electron chi connectivity index (χ0n) is 21.5. The highest BCUT2D eigenvalue weighted by atomic mass is 79.9. The number of aliphatic hydroxyl groups excluding tert-OH is 1. The third kappa shape index (κ3) is 18.1. The fourth-order valence-corrected chi connectivity index (χ4v) is 4.75. The number of quaternary nitrogens is 1. The summed E-state index contributed by atoms with van der Waals surface area (Å²) in [7, 11) is 2.30. The van der Waals surface area contributed by atoms with Crippen LogP contribution in [0, 0.1) is 0 Å². The molecule has 0 aliphatic rings. The van der Waals surface area contributed by atoms with E-state index >= 15 is 0 Å². The topological polar surface area (TPSA) is 20.2 Å². The fourth-order valence-electron chi connectivity index (χ4n) is 4.75.